The smallest absolute Gasteiger partial charge is 0.128 e. The third-order valence-corrected chi connectivity index (χ3v) is 3.17. The lowest BCUT2D eigenvalue weighted by Gasteiger charge is -2.11. The Morgan fingerprint density at radius 3 is 2.61 bits per heavy atom. The van der Waals surface area contributed by atoms with Gasteiger partial charge in [0.1, 0.15) is 11.6 Å². The van der Waals surface area contributed by atoms with Gasteiger partial charge in [-0.25, -0.2) is 9.37 Å². The van der Waals surface area contributed by atoms with Crippen molar-refractivity contribution >= 4 is 28.9 Å². The minimum Gasteiger partial charge on any atom is -0.375 e. The van der Waals surface area contributed by atoms with E-state index < -0.39 is 5.82 Å². The second kappa shape index (κ2) is 5.59. The predicted molar refractivity (Wildman–Crippen MR) is 71.6 cm³/mol. The summed E-state index contributed by atoms with van der Waals surface area (Å²) in [5, 5.41) is 3.59. The highest BCUT2D eigenvalue weighted by Gasteiger charge is 2.09. The SMILES string of the molecule is CCn1ccnc1CNc1c(Cl)cc(F)cc1Cl. The molecule has 2 aromatic rings. The van der Waals surface area contributed by atoms with Crippen LogP contribution in [0.2, 0.25) is 10.0 Å². The van der Waals surface area contributed by atoms with Crippen LogP contribution in [-0.2, 0) is 13.1 Å². The van der Waals surface area contributed by atoms with Gasteiger partial charge in [-0.1, -0.05) is 23.2 Å². The molecular weight excluding hydrogens is 276 g/mol. The Hall–Kier alpha value is -1.26. The van der Waals surface area contributed by atoms with Crippen molar-refractivity contribution in [2.24, 2.45) is 0 Å². The largest absolute Gasteiger partial charge is 0.375 e. The van der Waals surface area contributed by atoms with Crippen LogP contribution in [0.1, 0.15) is 12.7 Å². The molecule has 0 unspecified atom stereocenters. The highest BCUT2D eigenvalue weighted by atomic mass is 35.5. The Morgan fingerprint density at radius 2 is 2.00 bits per heavy atom. The minimum atomic E-state index is -0.453. The summed E-state index contributed by atoms with van der Waals surface area (Å²) in [5.41, 5.74) is 0.519. The summed E-state index contributed by atoms with van der Waals surface area (Å²) in [5.74, 6) is 0.416. The molecule has 1 aromatic carbocycles. The summed E-state index contributed by atoms with van der Waals surface area (Å²) in [7, 11) is 0. The number of halogens is 3. The van der Waals surface area contributed by atoms with Gasteiger partial charge < -0.3 is 9.88 Å². The molecule has 0 atom stereocenters. The molecule has 0 bridgehead atoms. The Balaban J connectivity index is 2.16. The van der Waals surface area contributed by atoms with Gasteiger partial charge in [-0.3, -0.25) is 0 Å². The van der Waals surface area contributed by atoms with Crippen LogP contribution in [0, 0.1) is 5.82 Å². The number of benzene rings is 1. The number of aromatic nitrogens is 2. The third kappa shape index (κ3) is 2.76. The first-order valence-corrected chi connectivity index (χ1v) is 6.25. The van der Waals surface area contributed by atoms with Crippen molar-refractivity contribution in [1.82, 2.24) is 9.55 Å². The molecule has 1 N–H and O–H groups in total. The van der Waals surface area contributed by atoms with Crippen LogP contribution in [-0.4, -0.2) is 9.55 Å². The lowest BCUT2D eigenvalue weighted by atomic mass is 10.3. The molecule has 0 aliphatic rings. The fourth-order valence-corrected chi connectivity index (χ4v) is 2.27. The normalized spacial score (nSPS) is 10.7. The molecule has 0 saturated carbocycles. The van der Waals surface area contributed by atoms with Crippen molar-refractivity contribution in [3.05, 3.63) is 46.2 Å². The molecule has 0 spiro atoms. The molecule has 6 heteroatoms. The number of nitrogens with zero attached hydrogens (tertiary/aromatic N) is 2. The summed E-state index contributed by atoms with van der Waals surface area (Å²) >= 11 is 11.9. The van der Waals surface area contributed by atoms with E-state index in [0.717, 1.165) is 12.4 Å². The van der Waals surface area contributed by atoms with Gasteiger partial charge in [-0.15, -0.1) is 0 Å². The standard InChI is InChI=1S/C12H12Cl2FN3/c1-2-18-4-3-16-11(18)7-17-12-9(13)5-8(15)6-10(12)14/h3-6,17H,2,7H2,1H3. The van der Waals surface area contributed by atoms with E-state index in [9.17, 15) is 4.39 Å². The molecule has 0 aliphatic heterocycles. The van der Waals surface area contributed by atoms with Gasteiger partial charge in [-0.2, -0.15) is 0 Å². The summed E-state index contributed by atoms with van der Waals surface area (Å²) in [6.07, 6.45) is 3.62. The van der Waals surface area contributed by atoms with E-state index in [4.69, 9.17) is 23.2 Å². The van der Waals surface area contributed by atoms with E-state index in [-0.39, 0.29) is 10.0 Å². The fraction of sp³-hybridized carbons (Fsp3) is 0.250. The first-order chi connectivity index (χ1) is 8.61. The Labute approximate surface area is 115 Å². The molecular formula is C12H12Cl2FN3. The average Bonchev–Trinajstić information content (AvgIpc) is 2.75. The van der Waals surface area contributed by atoms with Crippen molar-refractivity contribution in [2.45, 2.75) is 20.0 Å². The number of hydrogen-bond donors (Lipinski definition) is 1. The number of nitrogens with one attached hydrogen (secondary N) is 1. The van der Waals surface area contributed by atoms with Crippen LogP contribution in [0.25, 0.3) is 0 Å². The molecule has 0 amide bonds. The van der Waals surface area contributed by atoms with E-state index in [1.807, 2.05) is 17.7 Å². The van der Waals surface area contributed by atoms with Crippen molar-refractivity contribution < 1.29 is 4.39 Å². The van der Waals surface area contributed by atoms with E-state index in [1.54, 1.807) is 6.20 Å². The van der Waals surface area contributed by atoms with Crippen LogP contribution in [0.15, 0.2) is 24.5 Å². The maximum atomic E-state index is 13.0. The molecule has 3 nitrogen and oxygen atoms in total. The molecule has 0 radical (unpaired) electrons. The van der Waals surface area contributed by atoms with Crippen molar-refractivity contribution in [1.29, 1.82) is 0 Å². The van der Waals surface area contributed by atoms with E-state index in [0.29, 0.717) is 12.2 Å². The van der Waals surface area contributed by atoms with Crippen molar-refractivity contribution in [3.63, 3.8) is 0 Å². The second-order valence-electron chi connectivity index (χ2n) is 3.73. The molecule has 1 heterocycles. The van der Waals surface area contributed by atoms with Gasteiger partial charge in [0, 0.05) is 18.9 Å². The van der Waals surface area contributed by atoms with Gasteiger partial charge in [-0.05, 0) is 19.1 Å². The highest BCUT2D eigenvalue weighted by Crippen LogP contribution is 2.31. The Morgan fingerprint density at radius 1 is 1.33 bits per heavy atom. The molecule has 0 fully saturated rings. The Bertz CT molecular complexity index is 531. The monoisotopic (exact) mass is 287 g/mol. The average molecular weight is 288 g/mol. The summed E-state index contributed by atoms with van der Waals surface area (Å²) in [6, 6.07) is 2.45. The minimum absolute atomic E-state index is 0.259. The summed E-state index contributed by atoms with van der Waals surface area (Å²) < 4.78 is 15.0. The van der Waals surface area contributed by atoms with E-state index in [1.165, 1.54) is 12.1 Å². The first-order valence-electron chi connectivity index (χ1n) is 5.50. The fourth-order valence-electron chi connectivity index (χ4n) is 1.67. The lowest BCUT2D eigenvalue weighted by Crippen LogP contribution is -2.08. The van der Waals surface area contributed by atoms with Crippen LogP contribution in [0.5, 0.6) is 0 Å². The zero-order valence-corrected chi connectivity index (χ0v) is 11.3. The third-order valence-electron chi connectivity index (χ3n) is 2.57. The van der Waals surface area contributed by atoms with Crippen LogP contribution < -0.4 is 5.32 Å². The zero-order valence-electron chi connectivity index (χ0n) is 9.75. The van der Waals surface area contributed by atoms with Crippen LogP contribution >= 0.6 is 23.2 Å². The molecule has 0 saturated heterocycles. The predicted octanol–water partition coefficient (Wildman–Crippen LogP) is 3.96. The quantitative estimate of drug-likeness (QED) is 0.922. The maximum Gasteiger partial charge on any atom is 0.128 e. The zero-order chi connectivity index (χ0) is 13.1. The summed E-state index contributed by atoms with van der Waals surface area (Å²) in [6.45, 7) is 3.34. The summed E-state index contributed by atoms with van der Waals surface area (Å²) in [4.78, 5) is 4.22. The van der Waals surface area contributed by atoms with Gasteiger partial charge in [0.2, 0.25) is 0 Å². The topological polar surface area (TPSA) is 29.9 Å². The van der Waals surface area contributed by atoms with Crippen LogP contribution in [0.3, 0.4) is 0 Å². The van der Waals surface area contributed by atoms with Crippen molar-refractivity contribution in [3.8, 4) is 0 Å². The van der Waals surface area contributed by atoms with E-state index >= 15 is 0 Å². The number of aryl methyl sites for hydroxylation is 1. The number of imidazole rings is 1. The van der Waals surface area contributed by atoms with Crippen molar-refractivity contribution in [2.75, 3.05) is 5.32 Å². The highest BCUT2D eigenvalue weighted by molar-refractivity contribution is 6.39. The number of rotatable bonds is 4. The van der Waals surface area contributed by atoms with Crippen LogP contribution in [0.4, 0.5) is 10.1 Å². The maximum absolute atomic E-state index is 13.0. The van der Waals surface area contributed by atoms with Gasteiger partial charge in [0.25, 0.3) is 0 Å². The molecule has 0 aliphatic carbocycles. The van der Waals surface area contributed by atoms with E-state index in [2.05, 4.69) is 10.3 Å². The first kappa shape index (κ1) is 13.2. The molecule has 96 valence electrons. The van der Waals surface area contributed by atoms with Gasteiger partial charge in [0.05, 0.1) is 22.3 Å². The second-order valence-corrected chi connectivity index (χ2v) is 4.54. The lowest BCUT2D eigenvalue weighted by molar-refractivity contribution is 0.628. The number of anilines is 1. The Kier molecular flexibility index (Phi) is 4.09. The molecule has 2 rings (SSSR count). The van der Waals surface area contributed by atoms with Gasteiger partial charge >= 0.3 is 0 Å². The number of hydrogen-bond acceptors (Lipinski definition) is 2. The molecule has 1 aromatic heterocycles. The van der Waals surface area contributed by atoms with Gasteiger partial charge in [0.15, 0.2) is 0 Å². The molecule has 18 heavy (non-hydrogen) atoms.